The maximum atomic E-state index is 13.2. The molecule has 0 bridgehead atoms. The average molecular weight is 431 g/mol. The highest BCUT2D eigenvalue weighted by molar-refractivity contribution is 7.10. The first-order valence-electron chi connectivity index (χ1n) is 10.2. The molecule has 1 aliphatic heterocycles. The molecule has 1 N–H and O–H groups in total. The van der Waals surface area contributed by atoms with E-state index >= 15 is 0 Å². The quantitative estimate of drug-likeness (QED) is 0.587. The third-order valence-corrected chi connectivity index (χ3v) is 6.15. The molecule has 2 atom stereocenters. The van der Waals surface area contributed by atoms with Crippen molar-refractivity contribution in [1.29, 1.82) is 0 Å². The number of nitrogens with zero attached hydrogens (tertiary/aromatic N) is 2. The molecule has 7 heteroatoms. The van der Waals surface area contributed by atoms with E-state index < -0.39 is 6.10 Å². The second-order valence-electron chi connectivity index (χ2n) is 7.47. The Morgan fingerprint density at radius 3 is 2.77 bits per heavy atom. The summed E-state index contributed by atoms with van der Waals surface area (Å²) in [7, 11) is 1.63. The molecule has 0 spiro atoms. The van der Waals surface area contributed by atoms with E-state index in [1.807, 2.05) is 34.1 Å². The summed E-state index contributed by atoms with van der Waals surface area (Å²) in [4.78, 5) is 18.4. The van der Waals surface area contributed by atoms with Crippen molar-refractivity contribution in [3.8, 4) is 11.5 Å². The van der Waals surface area contributed by atoms with Crippen LogP contribution in [0.15, 0.2) is 48.4 Å². The van der Waals surface area contributed by atoms with Crippen LogP contribution in [-0.4, -0.2) is 66.8 Å². The first kappa shape index (κ1) is 22.3. The molecule has 30 heavy (non-hydrogen) atoms. The summed E-state index contributed by atoms with van der Waals surface area (Å²) in [6.45, 7) is 7.78. The average Bonchev–Trinajstić information content (AvgIpc) is 3.21. The zero-order chi connectivity index (χ0) is 21.5. The normalized spacial score (nSPS) is 16.8. The van der Waals surface area contributed by atoms with Crippen molar-refractivity contribution in [2.75, 3.05) is 39.9 Å². The van der Waals surface area contributed by atoms with E-state index in [-0.39, 0.29) is 18.5 Å². The van der Waals surface area contributed by atoms with Gasteiger partial charge in [-0.15, -0.1) is 17.9 Å². The van der Waals surface area contributed by atoms with Gasteiger partial charge in [-0.2, -0.15) is 0 Å². The number of hydrogen-bond donors (Lipinski definition) is 1. The van der Waals surface area contributed by atoms with E-state index in [2.05, 4.69) is 18.0 Å². The first-order chi connectivity index (χ1) is 14.5. The van der Waals surface area contributed by atoms with Gasteiger partial charge in [-0.3, -0.25) is 9.69 Å². The van der Waals surface area contributed by atoms with Crippen molar-refractivity contribution in [2.45, 2.75) is 25.5 Å². The molecule has 3 rings (SSSR count). The fraction of sp³-hybridized carbons (Fsp3) is 0.435. The standard InChI is InChI=1S/C23H30N2O4S/c1-4-11-24(14-17(2)26)15-23(27)25-12-9-22-20(10-13-30-22)21(25)16-29-19-7-5-18(28-3)6-8-19/h4-8,10,13,17,21,26H,1,9,11-12,14-16H2,2-3H3/t17-,21-/m0/s1. The van der Waals surface area contributed by atoms with Gasteiger partial charge >= 0.3 is 0 Å². The van der Waals surface area contributed by atoms with Crippen molar-refractivity contribution < 1.29 is 19.4 Å². The number of amides is 1. The SMILES string of the molecule is C=CCN(CC(=O)N1CCc2sccc2[C@@H]1COc1ccc(OC)cc1)C[C@H](C)O. The van der Waals surface area contributed by atoms with Gasteiger partial charge in [-0.05, 0) is 54.6 Å². The van der Waals surface area contributed by atoms with Crippen molar-refractivity contribution in [1.82, 2.24) is 9.80 Å². The topological polar surface area (TPSA) is 62.2 Å². The van der Waals surface area contributed by atoms with E-state index in [0.717, 1.165) is 17.9 Å². The fourth-order valence-corrected chi connectivity index (χ4v) is 4.69. The minimum absolute atomic E-state index is 0.0395. The third-order valence-electron chi connectivity index (χ3n) is 5.15. The lowest BCUT2D eigenvalue weighted by Gasteiger charge is -2.37. The molecule has 6 nitrogen and oxygen atoms in total. The Morgan fingerprint density at radius 2 is 2.10 bits per heavy atom. The Morgan fingerprint density at radius 1 is 1.37 bits per heavy atom. The lowest BCUT2D eigenvalue weighted by Crippen LogP contribution is -2.47. The minimum Gasteiger partial charge on any atom is -0.497 e. The summed E-state index contributed by atoms with van der Waals surface area (Å²) in [6, 6.07) is 9.43. The Bertz CT molecular complexity index is 834. The van der Waals surface area contributed by atoms with Crippen LogP contribution in [0.4, 0.5) is 0 Å². The van der Waals surface area contributed by atoms with Crippen LogP contribution in [0.3, 0.4) is 0 Å². The molecular formula is C23H30N2O4S. The molecule has 1 amide bonds. The largest absolute Gasteiger partial charge is 0.497 e. The number of aliphatic hydroxyl groups is 1. The van der Waals surface area contributed by atoms with Crippen LogP contribution < -0.4 is 9.47 Å². The molecule has 1 aliphatic rings. The second kappa shape index (κ2) is 10.6. The van der Waals surface area contributed by atoms with Crippen molar-refractivity contribution in [3.05, 3.63) is 58.8 Å². The van der Waals surface area contributed by atoms with Gasteiger partial charge in [0.25, 0.3) is 0 Å². The highest BCUT2D eigenvalue weighted by Gasteiger charge is 2.32. The van der Waals surface area contributed by atoms with Crippen LogP contribution in [0.5, 0.6) is 11.5 Å². The molecule has 162 valence electrons. The fourth-order valence-electron chi connectivity index (χ4n) is 3.76. The van der Waals surface area contributed by atoms with Gasteiger partial charge in [-0.25, -0.2) is 0 Å². The predicted octanol–water partition coefficient (Wildman–Crippen LogP) is 3.13. The minimum atomic E-state index is -0.503. The lowest BCUT2D eigenvalue weighted by molar-refractivity contribution is -0.136. The van der Waals surface area contributed by atoms with Crippen LogP contribution in [0, 0.1) is 0 Å². The number of carbonyl (C=O) groups is 1. The van der Waals surface area contributed by atoms with Crippen LogP contribution >= 0.6 is 11.3 Å². The molecule has 0 saturated heterocycles. The second-order valence-corrected chi connectivity index (χ2v) is 8.47. The zero-order valence-corrected chi connectivity index (χ0v) is 18.4. The van der Waals surface area contributed by atoms with Crippen LogP contribution in [0.25, 0.3) is 0 Å². The summed E-state index contributed by atoms with van der Waals surface area (Å²) in [5, 5.41) is 11.8. The van der Waals surface area contributed by atoms with Gasteiger partial charge in [0.15, 0.2) is 0 Å². The predicted molar refractivity (Wildman–Crippen MR) is 119 cm³/mol. The molecule has 0 radical (unpaired) electrons. The maximum absolute atomic E-state index is 13.2. The van der Waals surface area contributed by atoms with Crippen molar-refractivity contribution in [2.24, 2.45) is 0 Å². The number of benzene rings is 1. The molecular weight excluding hydrogens is 400 g/mol. The molecule has 2 aromatic rings. The highest BCUT2D eigenvalue weighted by Crippen LogP contribution is 2.34. The number of rotatable bonds is 10. The highest BCUT2D eigenvalue weighted by atomic mass is 32.1. The van der Waals surface area contributed by atoms with E-state index in [1.54, 1.807) is 31.4 Å². The Labute approximate surface area is 182 Å². The Balaban J connectivity index is 1.72. The number of hydrogen-bond acceptors (Lipinski definition) is 6. The Kier molecular flexibility index (Phi) is 7.90. The van der Waals surface area contributed by atoms with Gasteiger partial charge in [0.2, 0.25) is 5.91 Å². The van der Waals surface area contributed by atoms with Gasteiger partial charge in [-0.1, -0.05) is 6.08 Å². The summed E-state index contributed by atoms with van der Waals surface area (Å²) in [6.07, 6.45) is 2.11. The van der Waals surface area contributed by atoms with Gasteiger partial charge in [0, 0.05) is 24.5 Å². The molecule has 2 heterocycles. The molecule has 0 saturated carbocycles. The number of fused-ring (bicyclic) bond motifs is 1. The van der Waals surface area contributed by atoms with Crippen LogP contribution in [0.2, 0.25) is 0 Å². The van der Waals surface area contributed by atoms with E-state index in [4.69, 9.17) is 9.47 Å². The van der Waals surface area contributed by atoms with Crippen LogP contribution in [-0.2, 0) is 11.2 Å². The van der Waals surface area contributed by atoms with Gasteiger partial charge < -0.3 is 19.5 Å². The van der Waals surface area contributed by atoms with Crippen molar-refractivity contribution >= 4 is 17.2 Å². The zero-order valence-electron chi connectivity index (χ0n) is 17.6. The monoisotopic (exact) mass is 430 g/mol. The first-order valence-corrected chi connectivity index (χ1v) is 11.0. The van der Waals surface area contributed by atoms with E-state index in [0.29, 0.717) is 26.2 Å². The lowest BCUT2D eigenvalue weighted by atomic mass is 10.0. The molecule has 1 aromatic heterocycles. The Hall–Kier alpha value is -2.35. The molecule has 0 aliphatic carbocycles. The smallest absolute Gasteiger partial charge is 0.237 e. The van der Waals surface area contributed by atoms with E-state index in [1.165, 1.54) is 10.4 Å². The van der Waals surface area contributed by atoms with Crippen molar-refractivity contribution in [3.63, 3.8) is 0 Å². The van der Waals surface area contributed by atoms with E-state index in [9.17, 15) is 9.90 Å². The molecule has 0 fully saturated rings. The summed E-state index contributed by atoms with van der Waals surface area (Å²) in [5.41, 5.74) is 1.17. The summed E-state index contributed by atoms with van der Waals surface area (Å²) >= 11 is 1.73. The number of carbonyl (C=O) groups excluding carboxylic acids is 1. The number of methoxy groups -OCH3 is 1. The van der Waals surface area contributed by atoms with Crippen LogP contribution in [0.1, 0.15) is 23.4 Å². The summed E-state index contributed by atoms with van der Waals surface area (Å²) < 4.78 is 11.2. The number of ether oxygens (including phenoxy) is 2. The maximum Gasteiger partial charge on any atom is 0.237 e. The number of aliphatic hydroxyl groups excluding tert-OH is 1. The third kappa shape index (κ3) is 5.62. The molecule has 1 aromatic carbocycles. The summed E-state index contributed by atoms with van der Waals surface area (Å²) in [5.74, 6) is 1.56. The van der Waals surface area contributed by atoms with Gasteiger partial charge in [0.05, 0.1) is 25.8 Å². The van der Waals surface area contributed by atoms with Gasteiger partial charge in [0.1, 0.15) is 18.1 Å². The number of thiophene rings is 1. The molecule has 0 unspecified atom stereocenters.